The molecule has 0 aliphatic carbocycles. The molecule has 2 heterocycles. The fraction of sp³-hybridized carbons (Fsp3) is 0.375. The van der Waals surface area contributed by atoms with E-state index in [9.17, 15) is 24.0 Å². The Bertz CT molecular complexity index is 2020. The topological polar surface area (TPSA) is 212 Å². The predicted octanol–water partition coefficient (Wildman–Crippen LogP) is 2.61. The van der Waals surface area contributed by atoms with Crippen LogP contribution < -0.4 is 47.3 Å². The summed E-state index contributed by atoms with van der Waals surface area (Å²) < 4.78 is 46.9. The van der Waals surface area contributed by atoms with Crippen molar-refractivity contribution in [1.82, 2.24) is 36.1 Å². The SMILES string of the molecule is CCCCNC(=O)NCNC(=O)NCNCC(=O)O[C@@H]1C(F)[C@H](n2ccc(=O)[nH]c2=O)O[C@@H]1COC(c1ccccc1)(c1ccc(OC)cc1)c1ccc(OC)cc1. The average molecular weight is 806 g/mol. The van der Waals surface area contributed by atoms with E-state index in [0.29, 0.717) is 34.7 Å². The smallest absolute Gasteiger partial charge is 0.330 e. The lowest BCUT2D eigenvalue weighted by atomic mass is 9.80. The van der Waals surface area contributed by atoms with E-state index in [1.807, 2.05) is 61.5 Å². The Morgan fingerprint density at radius 2 is 1.40 bits per heavy atom. The van der Waals surface area contributed by atoms with Gasteiger partial charge < -0.3 is 45.0 Å². The number of aromatic nitrogens is 2. The number of rotatable bonds is 19. The van der Waals surface area contributed by atoms with Crippen molar-refractivity contribution in [2.75, 3.05) is 47.3 Å². The molecule has 0 saturated carbocycles. The van der Waals surface area contributed by atoms with Gasteiger partial charge in [0.25, 0.3) is 5.56 Å². The van der Waals surface area contributed by atoms with Crippen LogP contribution in [-0.2, 0) is 24.6 Å². The Hall–Kier alpha value is -6.24. The number of hydrogen-bond acceptors (Lipinski definition) is 11. The van der Waals surface area contributed by atoms with Gasteiger partial charge in [0.15, 0.2) is 18.5 Å². The van der Waals surface area contributed by atoms with E-state index in [4.69, 9.17) is 23.7 Å². The van der Waals surface area contributed by atoms with Crippen LogP contribution in [0, 0.1) is 0 Å². The molecule has 4 amide bonds. The van der Waals surface area contributed by atoms with E-state index in [-0.39, 0.29) is 19.9 Å². The van der Waals surface area contributed by atoms with Crippen molar-refractivity contribution >= 4 is 18.0 Å². The van der Waals surface area contributed by atoms with E-state index in [1.165, 1.54) is 0 Å². The van der Waals surface area contributed by atoms with Gasteiger partial charge in [0, 0.05) is 18.8 Å². The summed E-state index contributed by atoms with van der Waals surface area (Å²) in [6, 6.07) is 23.8. The third-order valence-corrected chi connectivity index (χ3v) is 9.25. The maximum absolute atomic E-state index is 16.5. The summed E-state index contributed by atoms with van der Waals surface area (Å²) >= 11 is 0. The number of nitrogens with zero attached hydrogens (tertiary/aromatic N) is 1. The number of aromatic amines is 1. The number of carbonyl (C=O) groups is 3. The molecule has 58 heavy (non-hydrogen) atoms. The van der Waals surface area contributed by atoms with Gasteiger partial charge in [0.2, 0.25) is 0 Å². The first-order chi connectivity index (χ1) is 28.1. The number of ether oxygens (including phenoxy) is 5. The molecule has 1 unspecified atom stereocenters. The molecule has 1 aromatic heterocycles. The second-order valence-corrected chi connectivity index (χ2v) is 13.0. The second-order valence-electron chi connectivity index (χ2n) is 13.0. The van der Waals surface area contributed by atoms with Gasteiger partial charge in [-0.05, 0) is 47.4 Å². The summed E-state index contributed by atoms with van der Waals surface area (Å²) in [5.74, 6) is 0.303. The molecule has 1 saturated heterocycles. The second kappa shape index (κ2) is 20.8. The standard InChI is InChI=1S/C40H48FN7O10/c1-4-5-20-43-37(51)45-25-46-38(52)44-24-42-22-33(50)58-35-31(57-36(34(35)41)48-21-19-32(49)47-39(48)53)23-56-40(26-9-7-6-8-10-26,27-11-15-29(54-2)16-12-27)28-13-17-30(55-3)18-14-28/h6-19,21,31,34-36,42H,4-5,20,22-25H2,1-3H3,(H2,43,45,51)(H2,44,46,52)(H,47,49,53)/t31-,34?,35+,36-/m1/s1. The van der Waals surface area contributed by atoms with Crippen molar-refractivity contribution < 1.29 is 42.5 Å². The predicted molar refractivity (Wildman–Crippen MR) is 209 cm³/mol. The molecule has 0 spiro atoms. The van der Waals surface area contributed by atoms with Gasteiger partial charge in [-0.3, -0.25) is 24.5 Å². The first kappa shape index (κ1) is 42.9. The summed E-state index contributed by atoms with van der Waals surface area (Å²) in [5, 5.41) is 12.7. The van der Waals surface area contributed by atoms with E-state index in [1.54, 1.807) is 38.5 Å². The number of halogens is 1. The zero-order valence-corrected chi connectivity index (χ0v) is 32.3. The molecule has 1 aliphatic rings. The average Bonchev–Trinajstić information content (AvgIpc) is 3.53. The van der Waals surface area contributed by atoms with Gasteiger partial charge in [0.05, 0.1) is 40.7 Å². The maximum atomic E-state index is 16.5. The highest BCUT2D eigenvalue weighted by Gasteiger charge is 2.50. The lowest BCUT2D eigenvalue weighted by molar-refractivity contribution is -0.156. The molecular weight excluding hydrogens is 757 g/mol. The van der Waals surface area contributed by atoms with Gasteiger partial charge in [-0.15, -0.1) is 0 Å². The fourth-order valence-corrected chi connectivity index (χ4v) is 6.31. The lowest BCUT2D eigenvalue weighted by Crippen LogP contribution is -2.48. The molecule has 6 N–H and O–H groups in total. The van der Waals surface area contributed by atoms with Crippen LogP contribution in [0.2, 0.25) is 0 Å². The number of methoxy groups -OCH3 is 2. The first-order valence-electron chi connectivity index (χ1n) is 18.6. The Morgan fingerprint density at radius 3 is 1.98 bits per heavy atom. The number of alkyl halides is 1. The van der Waals surface area contributed by atoms with Crippen molar-refractivity contribution in [1.29, 1.82) is 0 Å². The molecule has 4 aromatic rings. The summed E-state index contributed by atoms with van der Waals surface area (Å²) in [6.45, 7) is 1.36. The van der Waals surface area contributed by atoms with Crippen molar-refractivity contribution in [3.63, 3.8) is 0 Å². The van der Waals surface area contributed by atoms with Crippen molar-refractivity contribution in [3.05, 3.63) is 129 Å². The molecular formula is C40H48FN7O10. The van der Waals surface area contributed by atoms with Crippen molar-refractivity contribution in [2.45, 2.75) is 50.0 Å². The number of nitrogens with one attached hydrogen (secondary N) is 6. The van der Waals surface area contributed by atoms with Crippen LogP contribution in [0.3, 0.4) is 0 Å². The molecule has 0 bridgehead atoms. The zero-order valence-electron chi connectivity index (χ0n) is 32.3. The Kier molecular flexibility index (Phi) is 15.4. The number of hydrogen-bond donors (Lipinski definition) is 6. The quantitative estimate of drug-likeness (QED) is 0.0351. The van der Waals surface area contributed by atoms with Crippen molar-refractivity contribution in [2.24, 2.45) is 0 Å². The van der Waals surface area contributed by atoms with E-state index >= 15 is 4.39 Å². The first-order valence-corrected chi connectivity index (χ1v) is 18.6. The van der Waals surface area contributed by atoms with Crippen LogP contribution in [0.1, 0.15) is 42.7 Å². The van der Waals surface area contributed by atoms with Crippen molar-refractivity contribution in [3.8, 4) is 11.5 Å². The van der Waals surface area contributed by atoms with Crippen LogP contribution in [-0.4, -0.2) is 93.2 Å². The molecule has 0 radical (unpaired) electrons. The maximum Gasteiger partial charge on any atom is 0.330 e. The summed E-state index contributed by atoms with van der Waals surface area (Å²) in [5.41, 5.74) is -0.921. The molecule has 17 nitrogen and oxygen atoms in total. The Labute approximate surface area is 333 Å². The third kappa shape index (κ3) is 10.8. The molecule has 1 aliphatic heterocycles. The summed E-state index contributed by atoms with van der Waals surface area (Å²) in [6.07, 6.45) is -3.74. The van der Waals surface area contributed by atoms with Crippen LogP contribution >= 0.6 is 0 Å². The minimum atomic E-state index is -2.09. The Balaban J connectivity index is 1.35. The highest BCUT2D eigenvalue weighted by Crippen LogP contribution is 2.43. The highest BCUT2D eigenvalue weighted by atomic mass is 19.1. The molecule has 310 valence electrons. The molecule has 1 fully saturated rings. The van der Waals surface area contributed by atoms with Crippen LogP contribution in [0.15, 0.2) is 101 Å². The van der Waals surface area contributed by atoms with E-state index in [0.717, 1.165) is 29.7 Å². The summed E-state index contributed by atoms with van der Waals surface area (Å²) in [7, 11) is 3.10. The van der Waals surface area contributed by atoms with E-state index in [2.05, 4.69) is 31.6 Å². The number of H-pyrrole nitrogens is 1. The van der Waals surface area contributed by atoms with E-state index < -0.39 is 66.0 Å². The Morgan fingerprint density at radius 1 is 0.810 bits per heavy atom. The monoisotopic (exact) mass is 805 g/mol. The van der Waals surface area contributed by atoms with Crippen LogP contribution in [0.4, 0.5) is 14.0 Å². The largest absolute Gasteiger partial charge is 0.497 e. The van der Waals surface area contributed by atoms with Crippen LogP contribution in [0.5, 0.6) is 11.5 Å². The molecule has 5 rings (SSSR count). The number of esters is 1. The molecule has 4 atom stereocenters. The van der Waals surface area contributed by atoms with Gasteiger partial charge >= 0.3 is 23.7 Å². The number of urea groups is 2. The zero-order chi connectivity index (χ0) is 41.5. The highest BCUT2D eigenvalue weighted by molar-refractivity contribution is 5.76. The number of benzene rings is 3. The number of unbranched alkanes of at least 4 members (excludes halogenated alkanes) is 1. The number of amides is 4. The number of carbonyl (C=O) groups excluding carboxylic acids is 3. The van der Waals surface area contributed by atoms with Gasteiger partial charge in [-0.2, -0.15) is 0 Å². The minimum absolute atomic E-state index is 0.142. The molecule has 18 heteroatoms. The fourth-order valence-electron chi connectivity index (χ4n) is 6.31. The lowest BCUT2D eigenvalue weighted by Gasteiger charge is -2.37. The van der Waals surface area contributed by atoms with Gasteiger partial charge in [0.1, 0.15) is 23.2 Å². The molecule has 3 aromatic carbocycles. The third-order valence-electron chi connectivity index (χ3n) is 9.25. The van der Waals surface area contributed by atoms with Gasteiger partial charge in [-0.1, -0.05) is 67.9 Å². The summed E-state index contributed by atoms with van der Waals surface area (Å²) in [4.78, 5) is 63.8. The normalized spacial score (nSPS) is 17.5. The van der Waals surface area contributed by atoms with Gasteiger partial charge in [-0.25, -0.2) is 18.8 Å². The minimum Gasteiger partial charge on any atom is -0.497 e. The van der Waals surface area contributed by atoms with Crippen LogP contribution in [0.25, 0.3) is 0 Å².